The van der Waals surface area contributed by atoms with E-state index in [4.69, 9.17) is 11.6 Å². The molecule has 0 aliphatic rings. The molecule has 0 saturated carbocycles. The Morgan fingerprint density at radius 1 is 1.25 bits per heavy atom. The number of hydrogen-bond acceptors (Lipinski definition) is 3. The zero-order chi connectivity index (χ0) is 12.3. The first-order valence-electron chi connectivity index (χ1n) is 5.67. The Bertz CT molecular complexity index is 366. The van der Waals surface area contributed by atoms with Crippen molar-refractivity contribution in [1.29, 1.82) is 0 Å². The van der Waals surface area contributed by atoms with Crippen molar-refractivity contribution in [2.24, 2.45) is 5.92 Å². The monoisotopic (exact) mass is 241 g/mol. The summed E-state index contributed by atoms with van der Waals surface area (Å²) < 4.78 is 0. The molecule has 1 aromatic heterocycles. The fraction of sp³-hybridized carbons (Fsp3) is 0.667. The van der Waals surface area contributed by atoms with E-state index in [2.05, 4.69) is 28.7 Å². The van der Waals surface area contributed by atoms with Crippen LogP contribution >= 0.6 is 11.6 Å². The van der Waals surface area contributed by atoms with E-state index in [-0.39, 0.29) is 0 Å². The highest BCUT2D eigenvalue weighted by Crippen LogP contribution is 2.22. The van der Waals surface area contributed by atoms with E-state index in [9.17, 15) is 0 Å². The lowest BCUT2D eigenvalue weighted by molar-refractivity contribution is 0.557. The van der Waals surface area contributed by atoms with Crippen LogP contribution in [-0.2, 0) is 0 Å². The molecule has 0 spiro atoms. The van der Waals surface area contributed by atoms with E-state index in [0.717, 1.165) is 30.2 Å². The van der Waals surface area contributed by atoms with Crippen LogP contribution in [0.25, 0.3) is 0 Å². The van der Waals surface area contributed by atoms with Gasteiger partial charge in [0, 0.05) is 13.6 Å². The summed E-state index contributed by atoms with van der Waals surface area (Å²) >= 11 is 6.11. The van der Waals surface area contributed by atoms with Crippen LogP contribution in [0.2, 0.25) is 5.15 Å². The number of rotatable bonds is 4. The minimum Gasteiger partial charge on any atom is -0.357 e. The molecule has 0 bridgehead atoms. The molecule has 0 aromatic carbocycles. The summed E-state index contributed by atoms with van der Waals surface area (Å²) in [6.07, 6.45) is 1.15. The van der Waals surface area contributed by atoms with E-state index < -0.39 is 0 Å². The van der Waals surface area contributed by atoms with Crippen molar-refractivity contribution in [1.82, 2.24) is 9.97 Å². The Hall–Kier alpha value is -0.830. The van der Waals surface area contributed by atoms with E-state index in [1.807, 2.05) is 20.9 Å². The van der Waals surface area contributed by atoms with Crippen molar-refractivity contribution in [3.8, 4) is 0 Å². The van der Waals surface area contributed by atoms with Crippen molar-refractivity contribution in [2.75, 3.05) is 18.5 Å². The molecule has 0 N–H and O–H groups in total. The molecule has 0 fully saturated rings. The van der Waals surface area contributed by atoms with E-state index in [0.29, 0.717) is 11.1 Å². The van der Waals surface area contributed by atoms with Crippen LogP contribution in [0.4, 0.5) is 5.82 Å². The quantitative estimate of drug-likeness (QED) is 0.811. The van der Waals surface area contributed by atoms with Gasteiger partial charge in [-0.15, -0.1) is 0 Å². The van der Waals surface area contributed by atoms with Crippen LogP contribution < -0.4 is 4.90 Å². The molecule has 1 unspecified atom stereocenters. The molecule has 0 saturated heterocycles. The number of halogens is 1. The Balaban J connectivity index is 2.91. The highest BCUT2D eigenvalue weighted by atomic mass is 35.5. The second-order valence-corrected chi connectivity index (χ2v) is 4.76. The number of aromatic nitrogens is 2. The number of hydrogen-bond donors (Lipinski definition) is 0. The lowest BCUT2D eigenvalue weighted by Gasteiger charge is -2.22. The molecule has 1 atom stereocenters. The topological polar surface area (TPSA) is 29.0 Å². The Morgan fingerprint density at radius 3 is 2.38 bits per heavy atom. The molecule has 90 valence electrons. The third kappa shape index (κ3) is 3.08. The molecule has 0 aliphatic heterocycles. The smallest absolute Gasteiger partial charge is 0.171 e. The van der Waals surface area contributed by atoms with Gasteiger partial charge in [0.25, 0.3) is 0 Å². The first-order valence-corrected chi connectivity index (χ1v) is 6.05. The molecule has 16 heavy (non-hydrogen) atoms. The molecule has 3 nitrogen and oxygen atoms in total. The third-order valence-corrected chi connectivity index (χ3v) is 3.15. The maximum atomic E-state index is 6.11. The molecular weight excluding hydrogens is 222 g/mol. The second kappa shape index (κ2) is 5.48. The highest BCUT2D eigenvalue weighted by molar-refractivity contribution is 6.31. The summed E-state index contributed by atoms with van der Waals surface area (Å²) in [4.78, 5) is 10.9. The fourth-order valence-corrected chi connectivity index (χ4v) is 1.80. The average molecular weight is 242 g/mol. The molecule has 1 rings (SSSR count). The van der Waals surface area contributed by atoms with Gasteiger partial charge >= 0.3 is 0 Å². The summed E-state index contributed by atoms with van der Waals surface area (Å²) in [5.74, 6) is 1.41. The number of aryl methyl sites for hydroxylation is 2. The predicted molar refractivity (Wildman–Crippen MR) is 69.2 cm³/mol. The van der Waals surface area contributed by atoms with Crippen molar-refractivity contribution in [3.63, 3.8) is 0 Å². The zero-order valence-corrected chi connectivity index (χ0v) is 11.5. The van der Waals surface area contributed by atoms with Crippen LogP contribution in [0.3, 0.4) is 0 Å². The molecule has 0 amide bonds. The lowest BCUT2D eigenvalue weighted by Crippen LogP contribution is -2.25. The van der Waals surface area contributed by atoms with Gasteiger partial charge in [-0.25, -0.2) is 9.97 Å². The van der Waals surface area contributed by atoms with Crippen molar-refractivity contribution < 1.29 is 0 Å². The van der Waals surface area contributed by atoms with Gasteiger partial charge in [0.1, 0.15) is 0 Å². The average Bonchev–Trinajstić information content (AvgIpc) is 2.23. The minimum atomic E-state index is 0.494. The molecular formula is C12H20ClN3. The fourth-order valence-electron chi connectivity index (χ4n) is 1.49. The largest absolute Gasteiger partial charge is 0.357 e. The van der Waals surface area contributed by atoms with Crippen LogP contribution in [0.1, 0.15) is 31.7 Å². The molecule has 0 radical (unpaired) electrons. The summed E-state index contributed by atoms with van der Waals surface area (Å²) in [6.45, 7) is 9.24. The van der Waals surface area contributed by atoms with Gasteiger partial charge in [-0.2, -0.15) is 0 Å². The normalized spacial score (nSPS) is 12.6. The van der Waals surface area contributed by atoms with Crippen molar-refractivity contribution in [2.45, 2.75) is 34.1 Å². The van der Waals surface area contributed by atoms with Gasteiger partial charge in [0.05, 0.1) is 11.4 Å². The number of anilines is 1. The zero-order valence-electron chi connectivity index (χ0n) is 10.7. The van der Waals surface area contributed by atoms with Gasteiger partial charge in [-0.1, -0.05) is 31.9 Å². The maximum Gasteiger partial charge on any atom is 0.171 e. The summed E-state index contributed by atoms with van der Waals surface area (Å²) in [6, 6.07) is 0. The predicted octanol–water partition coefficient (Wildman–Crippen LogP) is 3.23. The van der Waals surface area contributed by atoms with Crippen LogP contribution in [0.5, 0.6) is 0 Å². The SMILES string of the molecule is CCC(C)CN(C)c1nc(C)c(C)nc1Cl. The minimum absolute atomic E-state index is 0.494. The van der Waals surface area contributed by atoms with Crippen LogP contribution in [0, 0.1) is 19.8 Å². The van der Waals surface area contributed by atoms with Gasteiger partial charge in [0.2, 0.25) is 0 Å². The molecule has 1 heterocycles. The first kappa shape index (κ1) is 13.2. The lowest BCUT2D eigenvalue weighted by atomic mass is 10.1. The van der Waals surface area contributed by atoms with E-state index in [1.165, 1.54) is 0 Å². The highest BCUT2D eigenvalue weighted by Gasteiger charge is 2.13. The van der Waals surface area contributed by atoms with Crippen molar-refractivity contribution in [3.05, 3.63) is 16.5 Å². The standard InChI is InChI=1S/C12H20ClN3/c1-6-8(2)7-16(5)12-11(13)14-9(3)10(4)15-12/h8H,6-7H2,1-5H3. The van der Waals surface area contributed by atoms with E-state index in [1.54, 1.807) is 0 Å². The maximum absolute atomic E-state index is 6.11. The summed E-state index contributed by atoms with van der Waals surface area (Å²) in [5.41, 5.74) is 1.83. The summed E-state index contributed by atoms with van der Waals surface area (Å²) in [7, 11) is 2.01. The van der Waals surface area contributed by atoms with Gasteiger partial charge in [0.15, 0.2) is 11.0 Å². The van der Waals surface area contributed by atoms with Crippen molar-refractivity contribution >= 4 is 17.4 Å². The first-order chi connectivity index (χ1) is 7.45. The Morgan fingerprint density at radius 2 is 1.81 bits per heavy atom. The Labute approximate surface area is 103 Å². The Kier molecular flexibility index (Phi) is 4.54. The molecule has 1 aromatic rings. The van der Waals surface area contributed by atoms with Crippen LogP contribution in [-0.4, -0.2) is 23.6 Å². The molecule has 0 aliphatic carbocycles. The van der Waals surface area contributed by atoms with Gasteiger partial charge in [-0.3, -0.25) is 0 Å². The second-order valence-electron chi connectivity index (χ2n) is 4.40. The van der Waals surface area contributed by atoms with Gasteiger partial charge in [-0.05, 0) is 19.8 Å². The van der Waals surface area contributed by atoms with Gasteiger partial charge < -0.3 is 4.90 Å². The molecule has 4 heteroatoms. The third-order valence-electron chi connectivity index (χ3n) is 2.89. The van der Waals surface area contributed by atoms with E-state index >= 15 is 0 Å². The number of nitrogens with zero attached hydrogens (tertiary/aromatic N) is 3. The van der Waals surface area contributed by atoms with Crippen LogP contribution in [0.15, 0.2) is 0 Å². The summed E-state index contributed by atoms with van der Waals surface area (Å²) in [5, 5.41) is 0.494.